The predicted molar refractivity (Wildman–Crippen MR) is 83.2 cm³/mol. The smallest absolute Gasteiger partial charge is 0.237 e. The Labute approximate surface area is 122 Å². The molecule has 0 spiro atoms. The molecule has 3 N–H and O–H groups in total. The van der Waals surface area contributed by atoms with E-state index < -0.39 is 6.04 Å². The third kappa shape index (κ3) is 5.72. The Morgan fingerprint density at radius 3 is 2.40 bits per heavy atom. The molecule has 1 aromatic rings. The summed E-state index contributed by atoms with van der Waals surface area (Å²) in [6.45, 7) is 7.59. The second-order valence-corrected chi connectivity index (χ2v) is 5.86. The average molecular weight is 277 g/mol. The lowest BCUT2D eigenvalue weighted by Crippen LogP contribution is -2.49. The molecule has 0 saturated carbocycles. The average Bonchev–Trinajstić information content (AvgIpc) is 2.38. The summed E-state index contributed by atoms with van der Waals surface area (Å²) in [6, 6.07) is 9.95. The van der Waals surface area contributed by atoms with Gasteiger partial charge >= 0.3 is 0 Å². The van der Waals surface area contributed by atoms with E-state index in [0.29, 0.717) is 0 Å². The first-order chi connectivity index (χ1) is 9.40. The minimum atomic E-state index is -0.433. The minimum Gasteiger partial charge on any atom is -0.351 e. The van der Waals surface area contributed by atoms with Crippen LogP contribution in [0.1, 0.15) is 26.3 Å². The molecule has 0 fully saturated rings. The van der Waals surface area contributed by atoms with Crippen LogP contribution < -0.4 is 11.1 Å². The number of benzene rings is 1. The first-order valence-electron chi connectivity index (χ1n) is 7.18. The molecule has 1 amide bonds. The van der Waals surface area contributed by atoms with Crippen LogP contribution in [0.15, 0.2) is 30.3 Å². The maximum absolute atomic E-state index is 11.9. The highest BCUT2D eigenvalue weighted by molar-refractivity contribution is 5.81. The second-order valence-electron chi connectivity index (χ2n) is 5.86. The molecule has 0 radical (unpaired) electrons. The van der Waals surface area contributed by atoms with Gasteiger partial charge in [-0.1, -0.05) is 44.2 Å². The fourth-order valence-electron chi connectivity index (χ4n) is 2.11. The summed E-state index contributed by atoms with van der Waals surface area (Å²) in [4.78, 5) is 14.1. The van der Waals surface area contributed by atoms with Crippen molar-refractivity contribution in [1.82, 2.24) is 10.2 Å². The van der Waals surface area contributed by atoms with Crippen molar-refractivity contribution in [2.45, 2.75) is 39.4 Å². The van der Waals surface area contributed by atoms with Crippen LogP contribution >= 0.6 is 0 Å². The summed E-state index contributed by atoms with van der Waals surface area (Å²) in [6.07, 6.45) is 0. The Morgan fingerprint density at radius 1 is 1.25 bits per heavy atom. The van der Waals surface area contributed by atoms with Gasteiger partial charge in [0.2, 0.25) is 5.91 Å². The molecular formula is C16H27N3O. The summed E-state index contributed by atoms with van der Waals surface area (Å²) in [5.41, 5.74) is 7.11. The summed E-state index contributed by atoms with van der Waals surface area (Å²) in [5, 5.41) is 2.97. The largest absolute Gasteiger partial charge is 0.351 e. The van der Waals surface area contributed by atoms with Gasteiger partial charge in [-0.25, -0.2) is 0 Å². The molecule has 1 rings (SSSR count). The van der Waals surface area contributed by atoms with E-state index in [0.717, 1.165) is 13.1 Å². The van der Waals surface area contributed by atoms with E-state index >= 15 is 0 Å². The minimum absolute atomic E-state index is 0.0689. The predicted octanol–water partition coefficient (Wildman–Crippen LogP) is 1.61. The highest BCUT2D eigenvalue weighted by Gasteiger charge is 2.19. The van der Waals surface area contributed by atoms with Crippen LogP contribution in [0.5, 0.6) is 0 Å². The van der Waals surface area contributed by atoms with Crippen molar-refractivity contribution in [3.05, 3.63) is 35.9 Å². The van der Waals surface area contributed by atoms with Gasteiger partial charge in [-0.15, -0.1) is 0 Å². The number of likely N-dealkylation sites (N-methyl/N-ethyl adjacent to an activating group) is 1. The van der Waals surface area contributed by atoms with Crippen molar-refractivity contribution >= 4 is 5.91 Å². The molecule has 4 nitrogen and oxygen atoms in total. The number of nitrogens with one attached hydrogen (secondary N) is 1. The zero-order valence-corrected chi connectivity index (χ0v) is 13.0. The van der Waals surface area contributed by atoms with E-state index in [1.807, 2.05) is 39.0 Å². The number of carbonyl (C=O) groups excluding carboxylic acids is 1. The van der Waals surface area contributed by atoms with Crippen LogP contribution in [0.25, 0.3) is 0 Å². The number of hydrogen-bond acceptors (Lipinski definition) is 3. The van der Waals surface area contributed by atoms with Crippen molar-refractivity contribution in [3.63, 3.8) is 0 Å². The molecule has 0 aromatic heterocycles. The Kier molecular flexibility index (Phi) is 6.68. The number of carbonyl (C=O) groups is 1. The van der Waals surface area contributed by atoms with Crippen LogP contribution in [-0.2, 0) is 11.3 Å². The topological polar surface area (TPSA) is 58.4 Å². The van der Waals surface area contributed by atoms with Gasteiger partial charge in [-0.05, 0) is 25.5 Å². The third-order valence-corrected chi connectivity index (χ3v) is 3.29. The molecule has 1 aromatic carbocycles. The molecule has 4 heteroatoms. The first-order valence-corrected chi connectivity index (χ1v) is 7.18. The Morgan fingerprint density at radius 2 is 1.85 bits per heavy atom. The fraction of sp³-hybridized carbons (Fsp3) is 0.562. The quantitative estimate of drug-likeness (QED) is 0.796. The number of nitrogens with zero attached hydrogens (tertiary/aromatic N) is 1. The second kappa shape index (κ2) is 8.02. The maximum Gasteiger partial charge on any atom is 0.237 e. The lowest BCUT2D eigenvalue weighted by molar-refractivity contribution is -0.123. The van der Waals surface area contributed by atoms with Crippen LogP contribution in [0, 0.1) is 5.92 Å². The van der Waals surface area contributed by atoms with E-state index in [9.17, 15) is 4.79 Å². The normalized spacial score (nSPS) is 14.3. The molecule has 2 atom stereocenters. The number of hydrogen-bond donors (Lipinski definition) is 2. The molecule has 0 aliphatic heterocycles. The van der Waals surface area contributed by atoms with Crippen molar-refractivity contribution < 1.29 is 4.79 Å². The van der Waals surface area contributed by atoms with Crippen molar-refractivity contribution in [2.24, 2.45) is 11.7 Å². The van der Waals surface area contributed by atoms with Gasteiger partial charge < -0.3 is 16.0 Å². The number of amides is 1. The summed E-state index contributed by atoms with van der Waals surface area (Å²) >= 11 is 0. The van der Waals surface area contributed by atoms with Crippen LogP contribution in [-0.4, -0.2) is 36.5 Å². The van der Waals surface area contributed by atoms with Crippen LogP contribution in [0.3, 0.4) is 0 Å². The monoisotopic (exact) mass is 277 g/mol. The SMILES string of the molecule is CC(CN(C)Cc1ccccc1)NC(=O)[C@@H](N)C(C)C. The summed E-state index contributed by atoms with van der Waals surface area (Å²) < 4.78 is 0. The first kappa shape index (κ1) is 16.7. The standard InChI is InChI=1S/C16H27N3O/c1-12(2)15(17)16(20)18-13(3)10-19(4)11-14-8-6-5-7-9-14/h5-9,12-13,15H,10-11,17H2,1-4H3,(H,18,20)/t13?,15-/m0/s1. The van der Waals surface area contributed by atoms with Gasteiger partial charge in [0.1, 0.15) is 0 Å². The Bertz CT molecular complexity index is 405. The van der Waals surface area contributed by atoms with E-state index in [4.69, 9.17) is 5.73 Å². The van der Waals surface area contributed by atoms with Gasteiger partial charge in [0.25, 0.3) is 0 Å². The molecule has 0 heterocycles. The summed E-state index contributed by atoms with van der Waals surface area (Å²) in [7, 11) is 2.05. The molecule has 0 saturated heterocycles. The molecule has 1 unspecified atom stereocenters. The molecule has 0 aliphatic carbocycles. The van der Waals surface area contributed by atoms with Crippen molar-refractivity contribution in [3.8, 4) is 0 Å². The highest BCUT2D eigenvalue weighted by atomic mass is 16.2. The van der Waals surface area contributed by atoms with Crippen molar-refractivity contribution in [2.75, 3.05) is 13.6 Å². The number of rotatable bonds is 7. The maximum atomic E-state index is 11.9. The van der Waals surface area contributed by atoms with Gasteiger partial charge in [0.05, 0.1) is 6.04 Å². The zero-order valence-electron chi connectivity index (χ0n) is 13.0. The molecule has 0 aliphatic rings. The Hall–Kier alpha value is -1.39. The highest BCUT2D eigenvalue weighted by Crippen LogP contribution is 2.04. The van der Waals surface area contributed by atoms with E-state index in [2.05, 4.69) is 29.4 Å². The van der Waals surface area contributed by atoms with Crippen LogP contribution in [0.2, 0.25) is 0 Å². The molecular weight excluding hydrogens is 250 g/mol. The van der Waals surface area contributed by atoms with E-state index in [1.165, 1.54) is 5.56 Å². The Balaban J connectivity index is 2.38. The van der Waals surface area contributed by atoms with Gasteiger partial charge in [0, 0.05) is 19.1 Å². The molecule has 0 bridgehead atoms. The van der Waals surface area contributed by atoms with E-state index in [-0.39, 0.29) is 17.9 Å². The number of nitrogens with two attached hydrogens (primary N) is 1. The van der Waals surface area contributed by atoms with Gasteiger partial charge in [-0.3, -0.25) is 4.79 Å². The fourth-order valence-corrected chi connectivity index (χ4v) is 2.11. The zero-order chi connectivity index (χ0) is 15.1. The molecule has 112 valence electrons. The van der Waals surface area contributed by atoms with Gasteiger partial charge in [0.15, 0.2) is 0 Å². The van der Waals surface area contributed by atoms with E-state index in [1.54, 1.807) is 0 Å². The lowest BCUT2D eigenvalue weighted by Gasteiger charge is -2.24. The van der Waals surface area contributed by atoms with Crippen LogP contribution in [0.4, 0.5) is 0 Å². The summed E-state index contributed by atoms with van der Waals surface area (Å²) in [5.74, 6) is 0.0878. The lowest BCUT2D eigenvalue weighted by atomic mass is 10.0. The third-order valence-electron chi connectivity index (χ3n) is 3.29. The van der Waals surface area contributed by atoms with Gasteiger partial charge in [-0.2, -0.15) is 0 Å². The van der Waals surface area contributed by atoms with Crippen molar-refractivity contribution in [1.29, 1.82) is 0 Å². The molecule has 20 heavy (non-hydrogen) atoms.